The van der Waals surface area contributed by atoms with Crippen LogP contribution in [0.2, 0.25) is 0 Å². The number of rotatable bonds is 6. The number of phenolic OH excluding ortho intramolecular Hbond substituents is 1. The van der Waals surface area contributed by atoms with Crippen molar-refractivity contribution < 1.29 is 9.84 Å². The zero-order chi connectivity index (χ0) is 16.2. The van der Waals surface area contributed by atoms with Gasteiger partial charge in [-0.2, -0.15) is 0 Å². The molecule has 0 spiro atoms. The maximum atomic E-state index is 9.79. The highest BCUT2D eigenvalue weighted by Crippen LogP contribution is 2.26. The summed E-state index contributed by atoms with van der Waals surface area (Å²) in [5.41, 5.74) is 3.22. The van der Waals surface area contributed by atoms with Crippen LogP contribution < -0.4 is 10.1 Å². The summed E-state index contributed by atoms with van der Waals surface area (Å²) >= 11 is 0. The van der Waals surface area contributed by atoms with Gasteiger partial charge in [0, 0.05) is 19.6 Å². The summed E-state index contributed by atoms with van der Waals surface area (Å²) in [6.45, 7) is 4.41. The number of imidazole rings is 1. The van der Waals surface area contributed by atoms with E-state index in [4.69, 9.17) is 4.74 Å². The molecule has 0 fully saturated rings. The third kappa shape index (κ3) is 3.29. The molecule has 2 aromatic carbocycles. The van der Waals surface area contributed by atoms with Crippen molar-refractivity contribution in [3.8, 4) is 11.5 Å². The molecule has 3 rings (SSSR count). The van der Waals surface area contributed by atoms with Crippen molar-refractivity contribution in [2.24, 2.45) is 0 Å². The molecule has 23 heavy (non-hydrogen) atoms. The van der Waals surface area contributed by atoms with Gasteiger partial charge in [0.05, 0.1) is 18.1 Å². The number of aromatic nitrogens is 2. The molecule has 0 bridgehead atoms. The average Bonchev–Trinajstić information content (AvgIpc) is 2.87. The van der Waals surface area contributed by atoms with Crippen LogP contribution in [0.15, 0.2) is 42.5 Å². The Hall–Kier alpha value is -2.53. The molecule has 1 aromatic heterocycles. The van der Waals surface area contributed by atoms with Crippen molar-refractivity contribution in [1.82, 2.24) is 14.9 Å². The first-order valence-electron chi connectivity index (χ1n) is 7.67. The molecule has 0 aliphatic rings. The van der Waals surface area contributed by atoms with E-state index >= 15 is 0 Å². The Labute approximate surface area is 135 Å². The molecule has 1 heterocycles. The lowest BCUT2D eigenvalue weighted by Gasteiger charge is -2.10. The van der Waals surface area contributed by atoms with Gasteiger partial charge in [0.15, 0.2) is 11.5 Å². The van der Waals surface area contributed by atoms with Crippen molar-refractivity contribution in [2.45, 2.75) is 20.0 Å². The maximum absolute atomic E-state index is 9.79. The highest BCUT2D eigenvalue weighted by atomic mass is 16.5. The number of methoxy groups -OCH3 is 1. The second kappa shape index (κ2) is 6.71. The molecule has 2 N–H and O–H groups in total. The van der Waals surface area contributed by atoms with Crippen molar-refractivity contribution >= 4 is 11.0 Å². The SMILES string of the molecule is COc1ccc(CNCCn2c(C)nc3ccccc32)cc1O. The number of phenols is 1. The molecule has 0 atom stereocenters. The molecule has 0 radical (unpaired) electrons. The molecule has 5 nitrogen and oxygen atoms in total. The molecule has 120 valence electrons. The molecule has 5 heteroatoms. The van der Waals surface area contributed by atoms with E-state index in [1.165, 1.54) is 0 Å². The van der Waals surface area contributed by atoms with Gasteiger partial charge >= 0.3 is 0 Å². The summed E-state index contributed by atoms with van der Waals surface area (Å²) in [7, 11) is 1.55. The van der Waals surface area contributed by atoms with Gasteiger partial charge in [-0.1, -0.05) is 18.2 Å². The van der Waals surface area contributed by atoms with Crippen molar-refractivity contribution in [2.75, 3.05) is 13.7 Å². The monoisotopic (exact) mass is 311 g/mol. The fourth-order valence-electron chi connectivity index (χ4n) is 2.75. The number of aryl methyl sites for hydroxylation is 1. The third-order valence-corrected chi connectivity index (χ3v) is 3.93. The van der Waals surface area contributed by atoms with E-state index in [-0.39, 0.29) is 5.75 Å². The van der Waals surface area contributed by atoms with Gasteiger partial charge in [-0.15, -0.1) is 0 Å². The molecular formula is C18H21N3O2. The Balaban J connectivity index is 1.59. The normalized spacial score (nSPS) is 11.0. The molecular weight excluding hydrogens is 290 g/mol. The minimum atomic E-state index is 0.170. The van der Waals surface area contributed by atoms with Crippen LogP contribution in [0.5, 0.6) is 11.5 Å². The second-order valence-electron chi connectivity index (χ2n) is 5.48. The summed E-state index contributed by atoms with van der Waals surface area (Å²) in [5, 5.41) is 13.2. The van der Waals surface area contributed by atoms with Crippen LogP contribution in [0.3, 0.4) is 0 Å². The summed E-state index contributed by atoms with van der Waals surface area (Å²) in [6.07, 6.45) is 0. The molecule has 0 saturated carbocycles. The predicted octanol–water partition coefficient (Wildman–Crippen LogP) is 2.85. The van der Waals surface area contributed by atoms with Gasteiger partial charge in [0.25, 0.3) is 0 Å². The van der Waals surface area contributed by atoms with E-state index < -0.39 is 0 Å². The van der Waals surface area contributed by atoms with Crippen LogP contribution in [0.25, 0.3) is 11.0 Å². The number of hydrogen-bond donors (Lipinski definition) is 2. The van der Waals surface area contributed by atoms with Gasteiger partial charge in [0.2, 0.25) is 0 Å². The number of fused-ring (bicyclic) bond motifs is 1. The molecule has 3 aromatic rings. The number of hydrogen-bond acceptors (Lipinski definition) is 4. The van der Waals surface area contributed by atoms with E-state index in [1.807, 2.05) is 31.2 Å². The quantitative estimate of drug-likeness (QED) is 0.687. The smallest absolute Gasteiger partial charge is 0.160 e. The largest absolute Gasteiger partial charge is 0.504 e. The molecule has 0 unspecified atom stereocenters. The molecule has 0 aliphatic carbocycles. The van der Waals surface area contributed by atoms with E-state index in [1.54, 1.807) is 19.2 Å². The van der Waals surface area contributed by atoms with Crippen molar-refractivity contribution in [3.05, 3.63) is 53.9 Å². The Morgan fingerprint density at radius 1 is 1.22 bits per heavy atom. The zero-order valence-electron chi connectivity index (χ0n) is 13.4. The van der Waals surface area contributed by atoms with Crippen LogP contribution in [0, 0.1) is 6.92 Å². The van der Waals surface area contributed by atoms with E-state index in [0.717, 1.165) is 35.5 Å². The summed E-state index contributed by atoms with van der Waals surface area (Å²) in [6, 6.07) is 13.6. The molecule has 0 amide bonds. The lowest BCUT2D eigenvalue weighted by molar-refractivity contribution is 0.373. The van der Waals surface area contributed by atoms with E-state index in [0.29, 0.717) is 12.3 Å². The zero-order valence-corrected chi connectivity index (χ0v) is 13.4. The lowest BCUT2D eigenvalue weighted by Crippen LogP contribution is -2.20. The molecule has 0 saturated heterocycles. The van der Waals surface area contributed by atoms with E-state index in [9.17, 15) is 5.11 Å². The summed E-state index contributed by atoms with van der Waals surface area (Å²) in [5.74, 6) is 1.69. The fourth-order valence-corrected chi connectivity index (χ4v) is 2.75. The number of aromatic hydroxyl groups is 1. The van der Waals surface area contributed by atoms with Crippen LogP contribution in [-0.4, -0.2) is 28.3 Å². The van der Waals surface area contributed by atoms with Crippen LogP contribution in [0.1, 0.15) is 11.4 Å². The summed E-state index contributed by atoms with van der Waals surface area (Å²) < 4.78 is 7.26. The lowest BCUT2D eigenvalue weighted by atomic mass is 10.2. The maximum Gasteiger partial charge on any atom is 0.160 e. The number of nitrogens with one attached hydrogen (secondary N) is 1. The topological polar surface area (TPSA) is 59.3 Å². The van der Waals surface area contributed by atoms with Crippen molar-refractivity contribution in [3.63, 3.8) is 0 Å². The fraction of sp³-hybridized carbons (Fsp3) is 0.278. The Morgan fingerprint density at radius 3 is 2.83 bits per heavy atom. The van der Waals surface area contributed by atoms with Gasteiger partial charge in [-0.3, -0.25) is 0 Å². The van der Waals surface area contributed by atoms with Crippen LogP contribution in [0.4, 0.5) is 0 Å². The predicted molar refractivity (Wildman–Crippen MR) is 90.8 cm³/mol. The summed E-state index contributed by atoms with van der Waals surface area (Å²) in [4.78, 5) is 4.57. The first-order chi connectivity index (χ1) is 11.2. The first kappa shape index (κ1) is 15.4. The van der Waals surface area contributed by atoms with Gasteiger partial charge in [0.1, 0.15) is 5.82 Å². The van der Waals surface area contributed by atoms with Crippen molar-refractivity contribution in [1.29, 1.82) is 0 Å². The highest BCUT2D eigenvalue weighted by molar-refractivity contribution is 5.75. The number of benzene rings is 2. The number of ether oxygens (including phenoxy) is 1. The Morgan fingerprint density at radius 2 is 2.04 bits per heavy atom. The van der Waals surface area contributed by atoms with Gasteiger partial charge in [-0.05, 0) is 36.8 Å². The van der Waals surface area contributed by atoms with Crippen LogP contribution in [-0.2, 0) is 13.1 Å². The standard InChI is InChI=1S/C18H21N3O2/c1-13-20-15-5-3-4-6-16(15)21(13)10-9-19-12-14-7-8-18(23-2)17(22)11-14/h3-8,11,19,22H,9-10,12H2,1-2H3. The Bertz CT molecular complexity index is 811. The first-order valence-corrected chi connectivity index (χ1v) is 7.67. The number of para-hydroxylation sites is 2. The van der Waals surface area contributed by atoms with Crippen LogP contribution >= 0.6 is 0 Å². The van der Waals surface area contributed by atoms with Gasteiger partial charge in [-0.25, -0.2) is 4.98 Å². The highest BCUT2D eigenvalue weighted by Gasteiger charge is 2.06. The minimum absolute atomic E-state index is 0.170. The van der Waals surface area contributed by atoms with Gasteiger partial charge < -0.3 is 19.7 Å². The second-order valence-corrected chi connectivity index (χ2v) is 5.48. The number of nitrogens with zero attached hydrogens (tertiary/aromatic N) is 2. The Kier molecular flexibility index (Phi) is 4.48. The third-order valence-electron chi connectivity index (χ3n) is 3.93. The molecule has 0 aliphatic heterocycles. The minimum Gasteiger partial charge on any atom is -0.504 e. The average molecular weight is 311 g/mol. The van der Waals surface area contributed by atoms with E-state index in [2.05, 4.69) is 20.9 Å².